The monoisotopic (exact) mass is 242 g/mol. The van der Waals surface area contributed by atoms with Gasteiger partial charge in [-0.25, -0.2) is 0 Å². The van der Waals surface area contributed by atoms with Crippen LogP contribution in [0.25, 0.3) is 0 Å². The minimum absolute atomic E-state index is 0.0849. The number of carbonyl (C=O) groups excluding carboxylic acids is 1. The molecule has 1 aliphatic heterocycles. The maximum absolute atomic E-state index is 11.6. The molecule has 1 aliphatic rings. The maximum atomic E-state index is 11.6. The average Bonchev–Trinajstić information content (AvgIpc) is 2.81. The molecule has 17 heavy (non-hydrogen) atoms. The van der Waals surface area contributed by atoms with Crippen LogP contribution in [-0.4, -0.2) is 49.7 Å². The first-order chi connectivity index (χ1) is 8.26. The van der Waals surface area contributed by atoms with E-state index in [0.717, 1.165) is 32.5 Å². The predicted octanol–water partition coefficient (Wildman–Crippen LogP) is 1.40. The van der Waals surface area contributed by atoms with Gasteiger partial charge in [0, 0.05) is 12.6 Å². The van der Waals surface area contributed by atoms with Crippen molar-refractivity contribution < 1.29 is 9.53 Å². The van der Waals surface area contributed by atoms with E-state index < -0.39 is 0 Å². The van der Waals surface area contributed by atoms with Crippen molar-refractivity contribution in [2.24, 2.45) is 0 Å². The molecule has 100 valence electrons. The highest BCUT2D eigenvalue weighted by Crippen LogP contribution is 2.06. The summed E-state index contributed by atoms with van der Waals surface area (Å²) in [4.78, 5) is 13.7. The Morgan fingerprint density at radius 3 is 2.88 bits per heavy atom. The van der Waals surface area contributed by atoms with Gasteiger partial charge in [0.05, 0.1) is 13.2 Å². The Labute approximate surface area is 105 Å². The van der Waals surface area contributed by atoms with Crippen LogP contribution in [0.3, 0.4) is 0 Å². The Hall–Kier alpha value is -0.610. The fourth-order valence-corrected chi connectivity index (χ4v) is 2.09. The molecule has 1 unspecified atom stereocenters. The Bertz CT molecular complexity index is 215. The van der Waals surface area contributed by atoms with E-state index in [9.17, 15) is 4.79 Å². The van der Waals surface area contributed by atoms with E-state index in [1.807, 2.05) is 0 Å². The minimum Gasteiger partial charge on any atom is -0.465 e. The minimum atomic E-state index is -0.0849. The van der Waals surface area contributed by atoms with Crippen LogP contribution in [0, 0.1) is 0 Å². The van der Waals surface area contributed by atoms with Crippen LogP contribution in [0.1, 0.15) is 39.5 Å². The van der Waals surface area contributed by atoms with Gasteiger partial charge >= 0.3 is 5.97 Å². The Kier molecular flexibility index (Phi) is 7.21. The number of esters is 1. The second-order valence-corrected chi connectivity index (χ2v) is 4.70. The molecule has 0 aromatic rings. The molecule has 0 aromatic carbocycles. The summed E-state index contributed by atoms with van der Waals surface area (Å²) in [5.41, 5.74) is 0. The molecule has 0 aliphatic carbocycles. The van der Waals surface area contributed by atoms with Crippen LogP contribution < -0.4 is 5.32 Å². The lowest BCUT2D eigenvalue weighted by Gasteiger charge is -2.23. The molecule has 0 saturated carbocycles. The number of likely N-dealkylation sites (N-methyl/N-ethyl adjacent to an activating group) is 1. The number of carbonyl (C=O) groups is 1. The van der Waals surface area contributed by atoms with Gasteiger partial charge in [0.1, 0.15) is 0 Å². The summed E-state index contributed by atoms with van der Waals surface area (Å²) in [5.74, 6) is -0.0849. The Balaban J connectivity index is 2.18. The van der Waals surface area contributed by atoms with Crippen molar-refractivity contribution in [1.29, 1.82) is 0 Å². The normalized spacial score (nSPS) is 19.8. The zero-order valence-corrected chi connectivity index (χ0v) is 11.2. The molecular formula is C13H26N2O2. The standard InChI is InChI=1S/C13H26N2O2/c1-3-5-9-17-13(16)11-15(4-2)10-12-7-6-8-14-12/h12,14H,3-11H2,1-2H3. The molecule has 1 saturated heterocycles. The molecule has 0 spiro atoms. The number of nitrogens with zero attached hydrogens (tertiary/aromatic N) is 1. The molecule has 4 nitrogen and oxygen atoms in total. The lowest BCUT2D eigenvalue weighted by Crippen LogP contribution is -2.40. The summed E-state index contributed by atoms with van der Waals surface area (Å²) in [6.45, 7) is 8.16. The molecule has 0 radical (unpaired) electrons. The number of hydrogen-bond donors (Lipinski definition) is 1. The summed E-state index contributed by atoms with van der Waals surface area (Å²) in [7, 11) is 0. The summed E-state index contributed by atoms with van der Waals surface area (Å²) in [6.07, 6.45) is 4.50. The van der Waals surface area contributed by atoms with Crippen molar-refractivity contribution in [3.63, 3.8) is 0 Å². The maximum Gasteiger partial charge on any atom is 0.320 e. The van der Waals surface area contributed by atoms with Crippen molar-refractivity contribution in [1.82, 2.24) is 10.2 Å². The SMILES string of the molecule is CCCCOC(=O)CN(CC)CC1CCCN1. The second-order valence-electron chi connectivity index (χ2n) is 4.70. The van der Waals surface area contributed by atoms with E-state index >= 15 is 0 Å². The van der Waals surface area contributed by atoms with Gasteiger partial charge in [-0.15, -0.1) is 0 Å². The number of rotatable bonds is 8. The van der Waals surface area contributed by atoms with E-state index in [1.54, 1.807) is 0 Å². The van der Waals surface area contributed by atoms with Crippen LogP contribution in [0.2, 0.25) is 0 Å². The van der Waals surface area contributed by atoms with E-state index in [0.29, 0.717) is 19.2 Å². The number of nitrogens with one attached hydrogen (secondary N) is 1. The summed E-state index contributed by atoms with van der Waals surface area (Å²) in [6, 6.07) is 0.554. The largest absolute Gasteiger partial charge is 0.465 e. The predicted molar refractivity (Wildman–Crippen MR) is 69.0 cm³/mol. The first-order valence-electron chi connectivity index (χ1n) is 6.87. The number of unbranched alkanes of at least 4 members (excludes halogenated alkanes) is 1. The third-order valence-corrected chi connectivity index (χ3v) is 3.20. The molecule has 1 rings (SSSR count). The molecule has 1 fully saturated rings. The summed E-state index contributed by atoms with van der Waals surface area (Å²) in [5, 5.41) is 3.45. The summed E-state index contributed by atoms with van der Waals surface area (Å²) >= 11 is 0. The van der Waals surface area contributed by atoms with Crippen molar-refractivity contribution in [2.75, 3.05) is 32.8 Å². The van der Waals surface area contributed by atoms with Crippen LogP contribution >= 0.6 is 0 Å². The Morgan fingerprint density at radius 2 is 2.29 bits per heavy atom. The second kappa shape index (κ2) is 8.48. The highest BCUT2D eigenvalue weighted by atomic mass is 16.5. The zero-order chi connectivity index (χ0) is 12.5. The molecule has 0 aromatic heterocycles. The topological polar surface area (TPSA) is 41.6 Å². The quantitative estimate of drug-likeness (QED) is 0.516. The van der Waals surface area contributed by atoms with Crippen molar-refractivity contribution in [2.45, 2.75) is 45.6 Å². The van der Waals surface area contributed by atoms with Gasteiger partial charge in [-0.3, -0.25) is 9.69 Å². The van der Waals surface area contributed by atoms with Gasteiger partial charge in [-0.05, 0) is 32.4 Å². The van der Waals surface area contributed by atoms with Crippen molar-refractivity contribution in [3.8, 4) is 0 Å². The van der Waals surface area contributed by atoms with Gasteiger partial charge in [-0.1, -0.05) is 20.3 Å². The number of ether oxygens (including phenoxy) is 1. The lowest BCUT2D eigenvalue weighted by atomic mass is 10.2. The Morgan fingerprint density at radius 1 is 1.47 bits per heavy atom. The zero-order valence-electron chi connectivity index (χ0n) is 11.2. The van der Waals surface area contributed by atoms with E-state index in [1.165, 1.54) is 12.8 Å². The van der Waals surface area contributed by atoms with Crippen molar-refractivity contribution in [3.05, 3.63) is 0 Å². The first kappa shape index (κ1) is 14.5. The van der Waals surface area contributed by atoms with Crippen LogP contribution in [0.15, 0.2) is 0 Å². The van der Waals surface area contributed by atoms with Crippen LogP contribution in [0.4, 0.5) is 0 Å². The van der Waals surface area contributed by atoms with Crippen molar-refractivity contribution >= 4 is 5.97 Å². The highest BCUT2D eigenvalue weighted by molar-refractivity contribution is 5.71. The molecule has 4 heteroatoms. The van der Waals surface area contributed by atoms with Gasteiger partial charge in [0.25, 0.3) is 0 Å². The molecule has 1 atom stereocenters. The van der Waals surface area contributed by atoms with Crippen LogP contribution in [-0.2, 0) is 9.53 Å². The molecule has 0 amide bonds. The van der Waals surface area contributed by atoms with Gasteiger partial charge in [0.15, 0.2) is 0 Å². The van der Waals surface area contributed by atoms with E-state index in [4.69, 9.17) is 4.74 Å². The third kappa shape index (κ3) is 6.03. The highest BCUT2D eigenvalue weighted by Gasteiger charge is 2.18. The molecular weight excluding hydrogens is 216 g/mol. The lowest BCUT2D eigenvalue weighted by molar-refractivity contribution is -0.145. The van der Waals surface area contributed by atoms with Gasteiger partial charge in [0.2, 0.25) is 0 Å². The summed E-state index contributed by atoms with van der Waals surface area (Å²) < 4.78 is 5.18. The van der Waals surface area contributed by atoms with Gasteiger partial charge in [-0.2, -0.15) is 0 Å². The third-order valence-electron chi connectivity index (χ3n) is 3.20. The van der Waals surface area contributed by atoms with E-state index in [2.05, 4.69) is 24.1 Å². The molecule has 0 bridgehead atoms. The molecule has 1 heterocycles. The average molecular weight is 242 g/mol. The van der Waals surface area contributed by atoms with Gasteiger partial charge < -0.3 is 10.1 Å². The first-order valence-corrected chi connectivity index (χ1v) is 6.87. The smallest absolute Gasteiger partial charge is 0.320 e. The fourth-order valence-electron chi connectivity index (χ4n) is 2.09. The molecule has 1 N–H and O–H groups in total. The fraction of sp³-hybridized carbons (Fsp3) is 0.923. The van der Waals surface area contributed by atoms with E-state index in [-0.39, 0.29) is 5.97 Å². The van der Waals surface area contributed by atoms with Crippen LogP contribution in [0.5, 0.6) is 0 Å². The number of hydrogen-bond acceptors (Lipinski definition) is 4.